The first-order valence-electron chi connectivity index (χ1n) is 7.03. The Hall–Kier alpha value is -0.420. The monoisotopic (exact) mass is 325 g/mol. The van der Waals surface area contributed by atoms with E-state index in [4.69, 9.17) is 0 Å². The number of nitrogens with one attached hydrogen (secondary N) is 2. The molecule has 3 nitrogen and oxygen atoms in total. The SMILES string of the molecule is Cc1ccc(Br)cc1CNCCC1CN(C)CCN1. The van der Waals surface area contributed by atoms with Gasteiger partial charge in [0.05, 0.1) is 0 Å². The number of hydrogen-bond acceptors (Lipinski definition) is 3. The van der Waals surface area contributed by atoms with E-state index in [1.807, 2.05) is 0 Å². The number of halogens is 1. The van der Waals surface area contributed by atoms with Crippen LogP contribution in [-0.4, -0.2) is 44.2 Å². The normalized spacial score (nSPS) is 20.7. The first kappa shape index (κ1) is 15.0. The van der Waals surface area contributed by atoms with E-state index in [2.05, 4.69) is 63.6 Å². The fraction of sp³-hybridized carbons (Fsp3) is 0.600. The lowest BCUT2D eigenvalue weighted by molar-refractivity contribution is 0.231. The fourth-order valence-corrected chi connectivity index (χ4v) is 2.92. The second-order valence-corrected chi connectivity index (χ2v) is 6.37. The summed E-state index contributed by atoms with van der Waals surface area (Å²) in [4.78, 5) is 2.40. The van der Waals surface area contributed by atoms with Crippen LogP contribution >= 0.6 is 15.9 Å². The molecule has 0 bridgehead atoms. The van der Waals surface area contributed by atoms with Gasteiger partial charge >= 0.3 is 0 Å². The van der Waals surface area contributed by atoms with Crippen molar-refractivity contribution >= 4 is 15.9 Å². The van der Waals surface area contributed by atoms with Crippen molar-refractivity contribution in [2.75, 3.05) is 33.2 Å². The van der Waals surface area contributed by atoms with Gasteiger partial charge in [-0.05, 0) is 50.2 Å². The molecule has 2 rings (SSSR count). The van der Waals surface area contributed by atoms with Crippen LogP contribution in [0.15, 0.2) is 22.7 Å². The van der Waals surface area contributed by atoms with Crippen molar-refractivity contribution in [3.63, 3.8) is 0 Å². The van der Waals surface area contributed by atoms with E-state index in [1.54, 1.807) is 0 Å². The molecule has 4 heteroatoms. The Labute approximate surface area is 124 Å². The number of likely N-dealkylation sites (N-methyl/N-ethyl adjacent to an activating group) is 1. The van der Waals surface area contributed by atoms with E-state index in [1.165, 1.54) is 24.1 Å². The Balaban J connectivity index is 1.70. The molecule has 0 amide bonds. The van der Waals surface area contributed by atoms with E-state index >= 15 is 0 Å². The van der Waals surface area contributed by atoms with Crippen LogP contribution in [0.2, 0.25) is 0 Å². The zero-order valence-electron chi connectivity index (χ0n) is 11.9. The molecular weight excluding hydrogens is 302 g/mol. The van der Waals surface area contributed by atoms with Gasteiger partial charge in [0.25, 0.3) is 0 Å². The highest BCUT2D eigenvalue weighted by Gasteiger charge is 2.15. The van der Waals surface area contributed by atoms with Gasteiger partial charge in [0.1, 0.15) is 0 Å². The van der Waals surface area contributed by atoms with Gasteiger partial charge in [0.15, 0.2) is 0 Å². The summed E-state index contributed by atoms with van der Waals surface area (Å²) < 4.78 is 1.16. The maximum Gasteiger partial charge on any atom is 0.0208 e. The summed E-state index contributed by atoms with van der Waals surface area (Å²) in [5.74, 6) is 0. The average molecular weight is 326 g/mol. The van der Waals surface area contributed by atoms with Crippen LogP contribution < -0.4 is 10.6 Å². The zero-order valence-corrected chi connectivity index (χ0v) is 13.5. The van der Waals surface area contributed by atoms with Crippen LogP contribution in [0.1, 0.15) is 17.5 Å². The highest BCUT2D eigenvalue weighted by molar-refractivity contribution is 9.10. The van der Waals surface area contributed by atoms with Crippen LogP contribution in [0, 0.1) is 6.92 Å². The molecule has 0 aliphatic carbocycles. The largest absolute Gasteiger partial charge is 0.313 e. The van der Waals surface area contributed by atoms with Crippen molar-refractivity contribution in [1.29, 1.82) is 0 Å². The third-order valence-corrected chi connectivity index (χ3v) is 4.25. The summed E-state index contributed by atoms with van der Waals surface area (Å²) >= 11 is 3.53. The molecule has 0 radical (unpaired) electrons. The van der Waals surface area contributed by atoms with Crippen molar-refractivity contribution in [1.82, 2.24) is 15.5 Å². The van der Waals surface area contributed by atoms with Gasteiger partial charge in [-0.3, -0.25) is 0 Å². The molecule has 1 unspecified atom stereocenters. The molecule has 1 saturated heterocycles. The molecule has 1 aliphatic rings. The van der Waals surface area contributed by atoms with Gasteiger partial charge in [-0.2, -0.15) is 0 Å². The van der Waals surface area contributed by atoms with Gasteiger partial charge < -0.3 is 15.5 Å². The van der Waals surface area contributed by atoms with Crippen molar-refractivity contribution in [3.8, 4) is 0 Å². The van der Waals surface area contributed by atoms with Gasteiger partial charge in [0.2, 0.25) is 0 Å². The van der Waals surface area contributed by atoms with Crippen molar-refractivity contribution < 1.29 is 0 Å². The molecule has 1 aromatic rings. The summed E-state index contributed by atoms with van der Waals surface area (Å²) in [5.41, 5.74) is 2.73. The second kappa shape index (κ2) is 7.39. The lowest BCUT2D eigenvalue weighted by atomic mass is 10.1. The summed E-state index contributed by atoms with van der Waals surface area (Å²) in [7, 11) is 2.20. The Morgan fingerprint density at radius 2 is 2.32 bits per heavy atom. The van der Waals surface area contributed by atoms with E-state index in [0.717, 1.165) is 30.7 Å². The van der Waals surface area contributed by atoms with Crippen LogP contribution in [0.5, 0.6) is 0 Å². The summed E-state index contributed by atoms with van der Waals surface area (Å²) in [6.45, 7) is 7.64. The predicted molar refractivity (Wildman–Crippen MR) is 84.5 cm³/mol. The topological polar surface area (TPSA) is 27.3 Å². The van der Waals surface area contributed by atoms with Gasteiger partial charge in [-0.1, -0.05) is 22.0 Å². The molecule has 1 aromatic carbocycles. The lowest BCUT2D eigenvalue weighted by Crippen LogP contribution is -2.49. The van der Waals surface area contributed by atoms with E-state index in [-0.39, 0.29) is 0 Å². The van der Waals surface area contributed by atoms with E-state index in [0.29, 0.717) is 6.04 Å². The standard InChI is InChI=1S/C15H24BrN3/c1-12-3-4-14(16)9-13(12)10-17-6-5-15-11-19(2)8-7-18-15/h3-4,9,15,17-18H,5-8,10-11H2,1-2H3. The molecule has 1 heterocycles. The molecule has 19 heavy (non-hydrogen) atoms. The molecule has 0 saturated carbocycles. The number of piperazine rings is 1. The molecule has 2 N–H and O–H groups in total. The highest BCUT2D eigenvalue weighted by atomic mass is 79.9. The van der Waals surface area contributed by atoms with Crippen LogP contribution in [0.25, 0.3) is 0 Å². The summed E-state index contributed by atoms with van der Waals surface area (Å²) in [6, 6.07) is 7.10. The minimum absolute atomic E-state index is 0.634. The molecule has 1 fully saturated rings. The molecule has 1 aliphatic heterocycles. The number of nitrogens with zero attached hydrogens (tertiary/aromatic N) is 1. The van der Waals surface area contributed by atoms with Crippen LogP contribution in [0.3, 0.4) is 0 Å². The summed E-state index contributed by atoms with van der Waals surface area (Å²) in [6.07, 6.45) is 1.19. The van der Waals surface area contributed by atoms with Crippen molar-refractivity contribution in [2.45, 2.75) is 25.9 Å². The third kappa shape index (κ3) is 4.88. The smallest absolute Gasteiger partial charge is 0.0208 e. The minimum atomic E-state index is 0.634. The maximum absolute atomic E-state index is 3.58. The fourth-order valence-electron chi connectivity index (χ4n) is 2.51. The zero-order chi connectivity index (χ0) is 13.7. The molecular formula is C15H24BrN3. The Kier molecular flexibility index (Phi) is 5.82. The van der Waals surface area contributed by atoms with Crippen molar-refractivity contribution in [2.24, 2.45) is 0 Å². The molecule has 0 spiro atoms. The quantitative estimate of drug-likeness (QED) is 0.812. The summed E-state index contributed by atoms with van der Waals surface area (Å²) in [5, 5.41) is 7.13. The number of benzene rings is 1. The third-order valence-electron chi connectivity index (χ3n) is 3.75. The predicted octanol–water partition coefficient (Wildman–Crippen LogP) is 2.14. The number of rotatable bonds is 5. The highest BCUT2D eigenvalue weighted by Crippen LogP contribution is 2.15. The minimum Gasteiger partial charge on any atom is -0.313 e. The molecule has 0 aromatic heterocycles. The Bertz CT molecular complexity index is 408. The molecule has 1 atom stereocenters. The van der Waals surface area contributed by atoms with Gasteiger partial charge in [-0.15, -0.1) is 0 Å². The van der Waals surface area contributed by atoms with Crippen LogP contribution in [0.4, 0.5) is 0 Å². The molecule has 106 valence electrons. The van der Waals surface area contributed by atoms with Crippen molar-refractivity contribution in [3.05, 3.63) is 33.8 Å². The number of aryl methyl sites for hydroxylation is 1. The lowest BCUT2D eigenvalue weighted by Gasteiger charge is -2.31. The van der Waals surface area contributed by atoms with E-state index in [9.17, 15) is 0 Å². The van der Waals surface area contributed by atoms with Gasteiger partial charge in [-0.25, -0.2) is 0 Å². The van der Waals surface area contributed by atoms with Crippen LogP contribution in [-0.2, 0) is 6.54 Å². The van der Waals surface area contributed by atoms with E-state index < -0.39 is 0 Å². The Morgan fingerprint density at radius 3 is 3.11 bits per heavy atom. The van der Waals surface area contributed by atoms with Gasteiger partial charge in [0, 0.05) is 36.7 Å². The second-order valence-electron chi connectivity index (χ2n) is 5.45. The first-order valence-corrected chi connectivity index (χ1v) is 7.82. The first-order chi connectivity index (χ1) is 9.15. The number of hydrogen-bond donors (Lipinski definition) is 2. The maximum atomic E-state index is 3.58. The Morgan fingerprint density at radius 1 is 1.47 bits per heavy atom. The average Bonchev–Trinajstić information content (AvgIpc) is 2.39.